The molecule has 1 aromatic heterocycles. The van der Waals surface area contributed by atoms with Crippen molar-refractivity contribution in [2.24, 2.45) is 0 Å². The van der Waals surface area contributed by atoms with E-state index in [4.69, 9.17) is 11.6 Å². The number of sulfonamides is 1. The van der Waals surface area contributed by atoms with Gasteiger partial charge in [-0.1, -0.05) is 11.6 Å². The molecule has 0 spiro atoms. The van der Waals surface area contributed by atoms with Crippen molar-refractivity contribution in [1.82, 2.24) is 4.98 Å². The second-order valence-electron chi connectivity index (χ2n) is 4.62. The topological polar surface area (TPSA) is 71.1 Å². The predicted molar refractivity (Wildman–Crippen MR) is 82.4 cm³/mol. The van der Waals surface area contributed by atoms with Crippen LogP contribution in [0.1, 0.15) is 5.56 Å². The Balaban J connectivity index is 2.20. The van der Waals surface area contributed by atoms with E-state index in [9.17, 15) is 21.6 Å². The fraction of sp³-hybridized carbons (Fsp3) is 0.154. The summed E-state index contributed by atoms with van der Waals surface area (Å²) in [5.74, 6) is 0.102. The van der Waals surface area contributed by atoms with Gasteiger partial charge in [-0.25, -0.2) is 13.4 Å². The Morgan fingerprint density at radius 1 is 1.13 bits per heavy atom. The number of halogens is 4. The summed E-state index contributed by atoms with van der Waals surface area (Å²) in [6.07, 6.45) is -2.29. The Morgan fingerprint density at radius 3 is 2.30 bits per heavy atom. The van der Waals surface area contributed by atoms with Gasteiger partial charge < -0.3 is 5.32 Å². The minimum Gasteiger partial charge on any atom is -0.354 e. The van der Waals surface area contributed by atoms with Crippen molar-refractivity contribution >= 4 is 38.8 Å². The van der Waals surface area contributed by atoms with Crippen LogP contribution in [0, 0.1) is 0 Å². The number of hydrogen-bond acceptors (Lipinski definition) is 4. The molecule has 5 nitrogen and oxygen atoms in total. The molecule has 0 fully saturated rings. The number of benzene rings is 1. The van der Waals surface area contributed by atoms with E-state index in [0.717, 1.165) is 18.4 Å². The van der Waals surface area contributed by atoms with Crippen molar-refractivity contribution in [2.75, 3.05) is 16.3 Å². The Morgan fingerprint density at radius 2 is 1.78 bits per heavy atom. The first-order chi connectivity index (χ1) is 10.5. The standard InChI is InChI=1S/C13H11ClF3N3O2S/c1-23(21,22)20-12-5-3-9(7-18-12)19-8-2-4-11(14)10(6-8)13(15,16)17/h2-7,19H,1H3,(H,18,20). The SMILES string of the molecule is CS(=O)(=O)Nc1ccc(Nc2ccc(Cl)c(C(F)(F)F)c2)cn1. The van der Waals surface area contributed by atoms with Crippen molar-refractivity contribution in [3.05, 3.63) is 47.1 Å². The van der Waals surface area contributed by atoms with Gasteiger partial charge >= 0.3 is 6.18 Å². The van der Waals surface area contributed by atoms with Gasteiger partial charge in [0.15, 0.2) is 0 Å². The summed E-state index contributed by atoms with van der Waals surface area (Å²) < 4.78 is 62.6. The van der Waals surface area contributed by atoms with E-state index >= 15 is 0 Å². The summed E-state index contributed by atoms with van der Waals surface area (Å²) in [6.45, 7) is 0. The molecule has 0 saturated heterocycles. The first-order valence-corrected chi connectivity index (χ1v) is 8.39. The molecule has 124 valence electrons. The van der Waals surface area contributed by atoms with Crippen LogP contribution >= 0.6 is 11.6 Å². The second-order valence-corrected chi connectivity index (χ2v) is 6.78. The fourth-order valence-electron chi connectivity index (χ4n) is 1.71. The molecule has 2 aromatic rings. The third-order valence-corrected chi connectivity index (χ3v) is 3.52. The van der Waals surface area contributed by atoms with Gasteiger partial charge in [0, 0.05) is 5.69 Å². The number of anilines is 3. The lowest BCUT2D eigenvalue weighted by atomic mass is 10.2. The number of nitrogens with zero attached hydrogens (tertiary/aromatic N) is 1. The molecule has 0 unspecified atom stereocenters. The van der Waals surface area contributed by atoms with Crippen LogP contribution in [0.2, 0.25) is 5.02 Å². The first kappa shape index (κ1) is 17.4. The number of alkyl halides is 3. The Labute approximate surface area is 135 Å². The molecule has 0 saturated carbocycles. The van der Waals surface area contributed by atoms with Crippen molar-refractivity contribution in [1.29, 1.82) is 0 Å². The largest absolute Gasteiger partial charge is 0.417 e. The number of aromatic nitrogens is 1. The maximum Gasteiger partial charge on any atom is 0.417 e. The molecule has 0 amide bonds. The molecule has 0 bridgehead atoms. The van der Waals surface area contributed by atoms with Gasteiger partial charge in [0.2, 0.25) is 10.0 Å². The summed E-state index contributed by atoms with van der Waals surface area (Å²) in [4.78, 5) is 3.85. The van der Waals surface area contributed by atoms with E-state index in [0.29, 0.717) is 5.69 Å². The highest BCUT2D eigenvalue weighted by atomic mass is 35.5. The van der Waals surface area contributed by atoms with Crippen LogP contribution < -0.4 is 10.0 Å². The molecule has 0 aliphatic heterocycles. The van der Waals surface area contributed by atoms with E-state index in [1.807, 2.05) is 0 Å². The molecular weight excluding hydrogens is 355 g/mol. The van der Waals surface area contributed by atoms with Gasteiger partial charge in [0.25, 0.3) is 0 Å². The van der Waals surface area contributed by atoms with Crippen LogP contribution in [0.15, 0.2) is 36.5 Å². The van der Waals surface area contributed by atoms with Gasteiger partial charge in [0.1, 0.15) is 5.82 Å². The van der Waals surface area contributed by atoms with Crippen LogP contribution in [0.4, 0.5) is 30.4 Å². The summed E-state index contributed by atoms with van der Waals surface area (Å²) in [6, 6.07) is 6.26. The summed E-state index contributed by atoms with van der Waals surface area (Å²) in [7, 11) is -3.45. The highest BCUT2D eigenvalue weighted by Crippen LogP contribution is 2.36. The molecule has 0 aliphatic carbocycles. The lowest BCUT2D eigenvalue weighted by Gasteiger charge is -2.12. The third-order valence-electron chi connectivity index (χ3n) is 2.61. The quantitative estimate of drug-likeness (QED) is 0.862. The molecule has 2 N–H and O–H groups in total. The molecule has 1 heterocycles. The predicted octanol–water partition coefficient (Wildman–Crippen LogP) is 3.87. The van der Waals surface area contributed by atoms with Crippen molar-refractivity contribution in [3.8, 4) is 0 Å². The minimum absolute atomic E-state index is 0.102. The molecular formula is C13H11ClF3N3O2S. The number of pyridine rings is 1. The molecule has 1 aromatic carbocycles. The zero-order valence-electron chi connectivity index (χ0n) is 11.6. The van der Waals surface area contributed by atoms with Gasteiger partial charge in [-0.2, -0.15) is 13.2 Å². The van der Waals surface area contributed by atoms with Crippen LogP contribution in [0.5, 0.6) is 0 Å². The van der Waals surface area contributed by atoms with Crippen LogP contribution in [-0.4, -0.2) is 19.7 Å². The molecule has 2 rings (SSSR count). The molecule has 10 heteroatoms. The lowest BCUT2D eigenvalue weighted by Crippen LogP contribution is -2.10. The second kappa shape index (κ2) is 6.25. The Bertz CT molecular complexity index is 808. The average Bonchev–Trinajstić information content (AvgIpc) is 2.40. The third kappa shape index (κ3) is 5.00. The molecule has 23 heavy (non-hydrogen) atoms. The summed E-state index contributed by atoms with van der Waals surface area (Å²) in [5, 5.41) is 2.34. The number of rotatable bonds is 4. The maximum atomic E-state index is 12.8. The maximum absolute atomic E-state index is 12.8. The van der Waals surface area contributed by atoms with Gasteiger partial charge in [0.05, 0.1) is 28.7 Å². The normalized spacial score (nSPS) is 12.0. The number of hydrogen-bond donors (Lipinski definition) is 2. The van der Waals surface area contributed by atoms with Crippen molar-refractivity contribution in [3.63, 3.8) is 0 Å². The van der Waals surface area contributed by atoms with Crippen LogP contribution in [-0.2, 0) is 16.2 Å². The van der Waals surface area contributed by atoms with Gasteiger partial charge in [-0.05, 0) is 30.3 Å². The zero-order chi connectivity index (χ0) is 17.3. The summed E-state index contributed by atoms with van der Waals surface area (Å²) >= 11 is 5.54. The van der Waals surface area contributed by atoms with E-state index in [2.05, 4.69) is 15.0 Å². The van der Waals surface area contributed by atoms with E-state index in [-0.39, 0.29) is 11.5 Å². The highest BCUT2D eigenvalue weighted by molar-refractivity contribution is 7.92. The van der Waals surface area contributed by atoms with Crippen LogP contribution in [0.3, 0.4) is 0 Å². The number of nitrogens with one attached hydrogen (secondary N) is 2. The Hall–Kier alpha value is -2.00. The average molecular weight is 366 g/mol. The van der Waals surface area contributed by atoms with Crippen LogP contribution in [0.25, 0.3) is 0 Å². The Kier molecular flexibility index (Phi) is 4.71. The van der Waals surface area contributed by atoms with Crippen molar-refractivity contribution < 1.29 is 21.6 Å². The van der Waals surface area contributed by atoms with E-state index < -0.39 is 26.8 Å². The monoisotopic (exact) mass is 365 g/mol. The van der Waals surface area contributed by atoms with Gasteiger partial charge in [-0.15, -0.1) is 0 Å². The molecule has 0 aliphatic rings. The summed E-state index contributed by atoms with van der Waals surface area (Å²) in [5.41, 5.74) is -0.390. The lowest BCUT2D eigenvalue weighted by molar-refractivity contribution is -0.137. The minimum atomic E-state index is -4.56. The highest BCUT2D eigenvalue weighted by Gasteiger charge is 2.33. The van der Waals surface area contributed by atoms with E-state index in [1.54, 1.807) is 0 Å². The molecule has 0 atom stereocenters. The van der Waals surface area contributed by atoms with Crippen molar-refractivity contribution in [2.45, 2.75) is 6.18 Å². The molecule has 0 radical (unpaired) electrons. The van der Waals surface area contributed by atoms with E-state index in [1.165, 1.54) is 24.4 Å². The zero-order valence-corrected chi connectivity index (χ0v) is 13.2. The first-order valence-electron chi connectivity index (χ1n) is 6.12. The smallest absolute Gasteiger partial charge is 0.354 e. The van der Waals surface area contributed by atoms with Gasteiger partial charge in [-0.3, -0.25) is 4.72 Å². The fourth-order valence-corrected chi connectivity index (χ4v) is 2.43.